The summed E-state index contributed by atoms with van der Waals surface area (Å²) >= 11 is 0. The largest absolute Gasteiger partial charge is 0.490 e. The molecule has 2 N–H and O–H groups in total. The number of rotatable bonds is 6. The van der Waals surface area contributed by atoms with Crippen LogP contribution in [0, 0.1) is 13.8 Å². The molecule has 4 nitrogen and oxygen atoms in total. The summed E-state index contributed by atoms with van der Waals surface area (Å²) in [6.45, 7) is 7.67. The van der Waals surface area contributed by atoms with Gasteiger partial charge in [0.05, 0.1) is 11.2 Å². The number of hydrogen-bond donors (Lipinski definition) is 2. The van der Waals surface area contributed by atoms with Gasteiger partial charge in [0, 0.05) is 0 Å². The zero-order chi connectivity index (χ0) is 14.6. The van der Waals surface area contributed by atoms with E-state index in [4.69, 9.17) is 9.84 Å². The summed E-state index contributed by atoms with van der Waals surface area (Å²) in [4.78, 5) is 10.9. The van der Waals surface area contributed by atoms with Crippen LogP contribution in [0.4, 0.5) is 0 Å². The zero-order valence-corrected chi connectivity index (χ0v) is 12.0. The van der Waals surface area contributed by atoms with Gasteiger partial charge in [-0.15, -0.1) is 0 Å². The summed E-state index contributed by atoms with van der Waals surface area (Å²) in [6, 6.07) is 3.17. The van der Waals surface area contributed by atoms with Gasteiger partial charge in [0.15, 0.2) is 0 Å². The van der Waals surface area contributed by atoms with Crippen molar-refractivity contribution in [2.75, 3.05) is 6.61 Å². The summed E-state index contributed by atoms with van der Waals surface area (Å²) in [5.74, 6) is -0.290. The van der Waals surface area contributed by atoms with E-state index in [1.54, 1.807) is 12.1 Å². The number of aryl methyl sites for hydroxylation is 2. The summed E-state index contributed by atoms with van der Waals surface area (Å²) in [7, 11) is 0. The van der Waals surface area contributed by atoms with Crippen molar-refractivity contribution in [3.63, 3.8) is 0 Å². The molecule has 0 unspecified atom stereocenters. The molecule has 0 aliphatic carbocycles. The minimum absolute atomic E-state index is 0.216. The standard InChI is InChI=1S/C15H22O4/c1-5-15(18,6-2)9-19-13-10(3)7-12(14(16)17)8-11(13)4/h7-8,18H,5-6,9H2,1-4H3,(H,16,17). The van der Waals surface area contributed by atoms with Crippen molar-refractivity contribution in [1.29, 1.82) is 0 Å². The van der Waals surface area contributed by atoms with E-state index in [1.807, 2.05) is 27.7 Å². The third-order valence-electron chi connectivity index (χ3n) is 3.51. The summed E-state index contributed by atoms with van der Waals surface area (Å²) in [5, 5.41) is 19.2. The Morgan fingerprint density at radius 1 is 1.21 bits per heavy atom. The lowest BCUT2D eigenvalue weighted by Crippen LogP contribution is -2.34. The molecule has 0 saturated carbocycles. The second kappa shape index (κ2) is 6.06. The predicted octanol–water partition coefficient (Wildman–Crippen LogP) is 2.93. The van der Waals surface area contributed by atoms with Gasteiger partial charge in [-0.3, -0.25) is 0 Å². The SMILES string of the molecule is CCC(O)(CC)COc1c(C)cc(C(=O)O)cc1C. The maximum absolute atomic E-state index is 10.9. The number of aliphatic hydroxyl groups is 1. The Hall–Kier alpha value is -1.55. The third kappa shape index (κ3) is 3.70. The summed E-state index contributed by atoms with van der Waals surface area (Å²) < 4.78 is 5.71. The topological polar surface area (TPSA) is 66.8 Å². The van der Waals surface area contributed by atoms with Crippen molar-refractivity contribution in [3.05, 3.63) is 28.8 Å². The maximum Gasteiger partial charge on any atom is 0.335 e. The Labute approximate surface area is 114 Å². The zero-order valence-electron chi connectivity index (χ0n) is 12.0. The third-order valence-corrected chi connectivity index (χ3v) is 3.51. The molecule has 1 rings (SSSR count). The molecule has 0 aromatic heterocycles. The normalized spacial score (nSPS) is 11.4. The molecule has 1 aromatic carbocycles. The first-order chi connectivity index (χ1) is 8.83. The van der Waals surface area contributed by atoms with Gasteiger partial charge in [-0.05, 0) is 49.9 Å². The van der Waals surface area contributed by atoms with E-state index >= 15 is 0 Å². The van der Waals surface area contributed by atoms with Gasteiger partial charge in [-0.25, -0.2) is 4.79 Å². The first-order valence-electron chi connectivity index (χ1n) is 6.52. The Morgan fingerprint density at radius 3 is 2.05 bits per heavy atom. The lowest BCUT2D eigenvalue weighted by Gasteiger charge is -2.26. The Morgan fingerprint density at radius 2 is 1.68 bits per heavy atom. The molecular weight excluding hydrogens is 244 g/mol. The number of aromatic carboxylic acids is 1. The number of carboxylic acid groups (broad SMARTS) is 1. The predicted molar refractivity (Wildman–Crippen MR) is 73.9 cm³/mol. The van der Waals surface area contributed by atoms with Gasteiger partial charge < -0.3 is 14.9 Å². The first kappa shape index (κ1) is 15.5. The van der Waals surface area contributed by atoms with E-state index < -0.39 is 11.6 Å². The molecule has 1 aromatic rings. The van der Waals surface area contributed by atoms with Gasteiger partial charge in [0.1, 0.15) is 12.4 Å². The second-order valence-corrected chi connectivity index (χ2v) is 4.96. The highest BCUT2D eigenvalue weighted by atomic mass is 16.5. The van der Waals surface area contributed by atoms with Crippen LogP contribution >= 0.6 is 0 Å². The van der Waals surface area contributed by atoms with Crippen molar-refractivity contribution in [3.8, 4) is 5.75 Å². The quantitative estimate of drug-likeness (QED) is 0.830. The van der Waals surface area contributed by atoms with Gasteiger partial charge in [0.25, 0.3) is 0 Å². The molecule has 0 heterocycles. The second-order valence-electron chi connectivity index (χ2n) is 4.96. The van der Waals surface area contributed by atoms with Crippen LogP contribution in [0.15, 0.2) is 12.1 Å². The molecule has 4 heteroatoms. The molecule has 0 aliphatic heterocycles. The lowest BCUT2D eigenvalue weighted by atomic mass is 9.99. The van der Waals surface area contributed by atoms with E-state index in [-0.39, 0.29) is 12.2 Å². The van der Waals surface area contributed by atoms with Gasteiger partial charge in [0.2, 0.25) is 0 Å². The highest BCUT2D eigenvalue weighted by Gasteiger charge is 2.24. The molecule has 0 aliphatic rings. The molecule has 0 spiro atoms. The van der Waals surface area contributed by atoms with Crippen LogP contribution in [0.2, 0.25) is 0 Å². The van der Waals surface area contributed by atoms with Crippen molar-refractivity contribution in [1.82, 2.24) is 0 Å². The van der Waals surface area contributed by atoms with Gasteiger partial charge in [-0.1, -0.05) is 13.8 Å². The molecule has 19 heavy (non-hydrogen) atoms. The average molecular weight is 266 g/mol. The van der Waals surface area contributed by atoms with Crippen LogP contribution in [0.3, 0.4) is 0 Å². The van der Waals surface area contributed by atoms with Crippen LogP contribution < -0.4 is 4.74 Å². The molecular formula is C15H22O4. The van der Waals surface area contributed by atoms with E-state index in [0.717, 1.165) is 11.1 Å². The molecule has 0 saturated heterocycles. The Kier molecular flexibility index (Phi) is 4.95. The monoisotopic (exact) mass is 266 g/mol. The van der Waals surface area contributed by atoms with Crippen LogP contribution in [0.25, 0.3) is 0 Å². The van der Waals surface area contributed by atoms with Gasteiger partial charge in [-0.2, -0.15) is 0 Å². The minimum Gasteiger partial charge on any atom is -0.490 e. The van der Waals surface area contributed by atoms with E-state index in [1.165, 1.54) is 0 Å². The summed E-state index contributed by atoms with van der Waals surface area (Å²) in [6.07, 6.45) is 1.24. The highest BCUT2D eigenvalue weighted by Crippen LogP contribution is 2.27. The van der Waals surface area contributed by atoms with E-state index in [0.29, 0.717) is 18.6 Å². The van der Waals surface area contributed by atoms with Crippen molar-refractivity contribution in [2.24, 2.45) is 0 Å². The highest BCUT2D eigenvalue weighted by molar-refractivity contribution is 5.88. The average Bonchev–Trinajstić information content (AvgIpc) is 2.37. The Bertz CT molecular complexity index is 438. The fourth-order valence-electron chi connectivity index (χ4n) is 1.96. The minimum atomic E-state index is -0.948. The molecule has 106 valence electrons. The van der Waals surface area contributed by atoms with Crippen molar-refractivity contribution < 1.29 is 19.7 Å². The molecule has 0 amide bonds. The fourth-order valence-corrected chi connectivity index (χ4v) is 1.96. The smallest absolute Gasteiger partial charge is 0.335 e. The van der Waals surface area contributed by atoms with Crippen LogP contribution in [-0.4, -0.2) is 28.4 Å². The lowest BCUT2D eigenvalue weighted by molar-refractivity contribution is -0.0117. The Balaban J connectivity index is 2.94. The summed E-state index contributed by atoms with van der Waals surface area (Å²) in [5.41, 5.74) is 0.965. The number of ether oxygens (including phenoxy) is 1. The maximum atomic E-state index is 10.9. The van der Waals surface area contributed by atoms with Crippen molar-refractivity contribution in [2.45, 2.75) is 46.1 Å². The number of benzene rings is 1. The number of carbonyl (C=O) groups is 1. The molecule has 0 radical (unpaired) electrons. The molecule has 0 atom stereocenters. The van der Waals surface area contributed by atoms with E-state index in [9.17, 15) is 9.90 Å². The molecule has 0 bridgehead atoms. The van der Waals surface area contributed by atoms with Crippen molar-refractivity contribution >= 4 is 5.97 Å². The number of carboxylic acids is 1. The number of hydrogen-bond acceptors (Lipinski definition) is 3. The van der Waals surface area contributed by atoms with E-state index in [2.05, 4.69) is 0 Å². The van der Waals surface area contributed by atoms with Crippen LogP contribution in [0.1, 0.15) is 48.2 Å². The molecule has 0 fully saturated rings. The van der Waals surface area contributed by atoms with Crippen LogP contribution in [-0.2, 0) is 0 Å². The fraction of sp³-hybridized carbons (Fsp3) is 0.533. The van der Waals surface area contributed by atoms with Gasteiger partial charge >= 0.3 is 5.97 Å². The first-order valence-corrected chi connectivity index (χ1v) is 6.52. The van der Waals surface area contributed by atoms with Crippen LogP contribution in [0.5, 0.6) is 5.75 Å².